The number of carbonyl (C=O) groups is 2. The van der Waals surface area contributed by atoms with Crippen LogP contribution in [-0.2, 0) is 4.79 Å². The predicted molar refractivity (Wildman–Crippen MR) is 138 cm³/mol. The van der Waals surface area contributed by atoms with Crippen molar-refractivity contribution in [1.82, 2.24) is 20.0 Å². The van der Waals surface area contributed by atoms with Crippen molar-refractivity contribution >= 4 is 29.2 Å². The third-order valence-corrected chi connectivity index (χ3v) is 6.88. The zero-order valence-corrected chi connectivity index (χ0v) is 21.2. The molecule has 1 aliphatic heterocycles. The number of amides is 2. The lowest BCUT2D eigenvalue weighted by Crippen LogP contribution is -2.53. The van der Waals surface area contributed by atoms with E-state index in [4.69, 9.17) is 11.6 Å². The van der Waals surface area contributed by atoms with Crippen LogP contribution in [-0.4, -0.2) is 70.6 Å². The van der Waals surface area contributed by atoms with Crippen LogP contribution in [0.3, 0.4) is 0 Å². The van der Waals surface area contributed by atoms with Crippen molar-refractivity contribution in [2.75, 3.05) is 37.6 Å². The Hall–Kier alpha value is -3.52. The molecule has 188 valence electrons. The number of aromatic nitrogens is 2. The molecule has 4 rings (SSSR count). The van der Waals surface area contributed by atoms with Gasteiger partial charge in [0, 0.05) is 37.8 Å². The SMILES string of the molecule is CCC(C)N(CC(=O)N1CCN(c2ccc(-c3ccccc3Cl)nn2)CC1)C(=O)c1ccccc1F. The number of hydrogen-bond acceptors (Lipinski definition) is 5. The van der Waals surface area contributed by atoms with Crippen LogP contribution in [0.5, 0.6) is 0 Å². The Bertz CT molecular complexity index is 1210. The van der Waals surface area contributed by atoms with Gasteiger partial charge in [0.15, 0.2) is 5.82 Å². The topological polar surface area (TPSA) is 69.6 Å². The van der Waals surface area contributed by atoms with Gasteiger partial charge in [-0.05, 0) is 43.7 Å². The molecule has 0 bridgehead atoms. The molecule has 2 amide bonds. The molecule has 2 aromatic carbocycles. The van der Waals surface area contributed by atoms with Crippen molar-refractivity contribution in [1.29, 1.82) is 0 Å². The summed E-state index contributed by atoms with van der Waals surface area (Å²) in [4.78, 5) is 31.4. The molecule has 7 nitrogen and oxygen atoms in total. The number of hydrogen-bond donors (Lipinski definition) is 0. The number of halogens is 2. The standard InChI is InChI=1S/C27H29ClFN5O2/c1-3-19(2)34(27(36)21-9-5-7-11-23(21)29)18-26(35)33-16-14-32(15-17-33)25-13-12-24(30-31-25)20-8-4-6-10-22(20)28/h4-13,19H,3,14-18H2,1-2H3. The lowest BCUT2D eigenvalue weighted by molar-refractivity contribution is -0.132. The minimum atomic E-state index is -0.585. The predicted octanol–water partition coefficient (Wildman–Crippen LogP) is 4.53. The summed E-state index contributed by atoms with van der Waals surface area (Å²) in [6, 6.07) is 16.9. The third-order valence-electron chi connectivity index (χ3n) is 6.55. The maximum absolute atomic E-state index is 14.2. The highest BCUT2D eigenvalue weighted by atomic mass is 35.5. The molecule has 0 aliphatic carbocycles. The Labute approximate surface area is 215 Å². The first-order valence-electron chi connectivity index (χ1n) is 12.1. The molecule has 0 radical (unpaired) electrons. The van der Waals surface area contributed by atoms with Gasteiger partial charge in [0.1, 0.15) is 12.4 Å². The highest BCUT2D eigenvalue weighted by molar-refractivity contribution is 6.33. The highest BCUT2D eigenvalue weighted by Crippen LogP contribution is 2.26. The van der Waals surface area contributed by atoms with E-state index in [0.717, 1.165) is 11.4 Å². The molecule has 3 aromatic rings. The van der Waals surface area contributed by atoms with Gasteiger partial charge in [-0.15, -0.1) is 10.2 Å². The lowest BCUT2D eigenvalue weighted by atomic mass is 10.1. The van der Waals surface area contributed by atoms with Crippen molar-refractivity contribution in [2.24, 2.45) is 0 Å². The first-order valence-corrected chi connectivity index (χ1v) is 12.4. The van der Waals surface area contributed by atoms with Gasteiger partial charge in [0.05, 0.1) is 16.3 Å². The van der Waals surface area contributed by atoms with Crippen molar-refractivity contribution < 1.29 is 14.0 Å². The molecule has 1 aliphatic rings. The molecule has 1 aromatic heterocycles. The van der Waals surface area contributed by atoms with E-state index >= 15 is 0 Å². The molecule has 1 fully saturated rings. The molecule has 1 unspecified atom stereocenters. The van der Waals surface area contributed by atoms with E-state index in [1.807, 2.05) is 50.2 Å². The Kier molecular flexibility index (Phi) is 8.15. The van der Waals surface area contributed by atoms with E-state index in [2.05, 4.69) is 15.1 Å². The Morgan fingerprint density at radius 1 is 1.00 bits per heavy atom. The smallest absolute Gasteiger partial charge is 0.257 e. The van der Waals surface area contributed by atoms with Crippen LogP contribution < -0.4 is 4.90 Å². The van der Waals surface area contributed by atoms with Crippen LogP contribution in [0.1, 0.15) is 30.6 Å². The quantitative estimate of drug-likeness (QED) is 0.468. The Morgan fingerprint density at radius 3 is 2.33 bits per heavy atom. The average molecular weight is 510 g/mol. The number of piperazine rings is 1. The van der Waals surface area contributed by atoms with Gasteiger partial charge < -0.3 is 14.7 Å². The molecule has 9 heteroatoms. The fraction of sp³-hybridized carbons (Fsp3) is 0.333. The van der Waals surface area contributed by atoms with Gasteiger partial charge in [-0.2, -0.15) is 0 Å². The lowest BCUT2D eigenvalue weighted by Gasteiger charge is -2.37. The summed E-state index contributed by atoms with van der Waals surface area (Å²) >= 11 is 6.26. The number of nitrogens with zero attached hydrogens (tertiary/aromatic N) is 5. The number of anilines is 1. The fourth-order valence-electron chi connectivity index (χ4n) is 4.17. The minimum Gasteiger partial charge on any atom is -0.352 e. The van der Waals surface area contributed by atoms with E-state index in [1.54, 1.807) is 17.0 Å². The maximum atomic E-state index is 14.2. The van der Waals surface area contributed by atoms with Gasteiger partial charge >= 0.3 is 0 Å². The van der Waals surface area contributed by atoms with Crippen LogP contribution in [0.2, 0.25) is 5.02 Å². The fourth-order valence-corrected chi connectivity index (χ4v) is 4.41. The normalized spacial score (nSPS) is 14.4. The van der Waals surface area contributed by atoms with Gasteiger partial charge in [-0.1, -0.05) is 48.9 Å². The van der Waals surface area contributed by atoms with Gasteiger partial charge in [0.2, 0.25) is 5.91 Å². The molecule has 2 heterocycles. The Balaban J connectivity index is 1.38. The molecule has 0 N–H and O–H groups in total. The molecule has 1 saturated heterocycles. The van der Waals surface area contributed by atoms with Gasteiger partial charge in [-0.3, -0.25) is 9.59 Å². The zero-order chi connectivity index (χ0) is 25.7. The van der Waals surface area contributed by atoms with Crippen LogP contribution in [0.25, 0.3) is 11.3 Å². The van der Waals surface area contributed by atoms with Crippen LogP contribution in [0, 0.1) is 5.82 Å². The van der Waals surface area contributed by atoms with Crippen molar-refractivity contribution in [3.63, 3.8) is 0 Å². The summed E-state index contributed by atoms with van der Waals surface area (Å²) in [6.07, 6.45) is 0.657. The maximum Gasteiger partial charge on any atom is 0.257 e. The van der Waals surface area contributed by atoms with Crippen LogP contribution in [0.4, 0.5) is 10.2 Å². The monoisotopic (exact) mass is 509 g/mol. The van der Waals surface area contributed by atoms with Crippen molar-refractivity contribution in [3.8, 4) is 11.3 Å². The zero-order valence-electron chi connectivity index (χ0n) is 20.4. The highest BCUT2D eigenvalue weighted by Gasteiger charge is 2.29. The van der Waals surface area contributed by atoms with Gasteiger partial charge in [0.25, 0.3) is 5.91 Å². The molecule has 0 spiro atoms. The van der Waals surface area contributed by atoms with Crippen molar-refractivity contribution in [2.45, 2.75) is 26.3 Å². The summed E-state index contributed by atoms with van der Waals surface area (Å²) in [5.74, 6) is -0.476. The largest absolute Gasteiger partial charge is 0.352 e. The number of carbonyl (C=O) groups excluding carboxylic acids is 2. The first-order chi connectivity index (χ1) is 17.4. The average Bonchev–Trinajstić information content (AvgIpc) is 2.91. The summed E-state index contributed by atoms with van der Waals surface area (Å²) < 4.78 is 14.2. The summed E-state index contributed by atoms with van der Waals surface area (Å²) in [6.45, 7) is 5.90. The molecule has 0 saturated carbocycles. The number of benzene rings is 2. The molecular weight excluding hydrogens is 481 g/mol. The van der Waals surface area contributed by atoms with E-state index in [0.29, 0.717) is 43.3 Å². The van der Waals surface area contributed by atoms with E-state index in [1.165, 1.54) is 17.0 Å². The molecule has 1 atom stereocenters. The molecular formula is C27H29ClFN5O2. The Morgan fingerprint density at radius 2 is 1.69 bits per heavy atom. The van der Waals surface area contributed by atoms with Crippen LogP contribution in [0.15, 0.2) is 60.7 Å². The number of rotatable bonds is 7. The summed E-state index contributed by atoms with van der Waals surface area (Å²) in [7, 11) is 0. The van der Waals surface area contributed by atoms with Crippen molar-refractivity contribution in [3.05, 3.63) is 77.1 Å². The van der Waals surface area contributed by atoms with E-state index < -0.39 is 11.7 Å². The van der Waals surface area contributed by atoms with E-state index in [-0.39, 0.29) is 24.1 Å². The van der Waals surface area contributed by atoms with Crippen LogP contribution >= 0.6 is 11.6 Å². The second-order valence-electron chi connectivity index (χ2n) is 8.79. The van der Waals surface area contributed by atoms with E-state index in [9.17, 15) is 14.0 Å². The first kappa shape index (κ1) is 25.6. The second kappa shape index (κ2) is 11.5. The summed E-state index contributed by atoms with van der Waals surface area (Å²) in [5, 5.41) is 9.31. The molecule has 36 heavy (non-hydrogen) atoms. The minimum absolute atomic E-state index is 0.0192. The second-order valence-corrected chi connectivity index (χ2v) is 9.20. The third kappa shape index (κ3) is 5.65. The summed E-state index contributed by atoms with van der Waals surface area (Å²) in [5.41, 5.74) is 1.50. The van der Waals surface area contributed by atoms with Gasteiger partial charge in [-0.25, -0.2) is 4.39 Å².